The maximum atomic E-state index is 12.8. The second-order valence-corrected chi connectivity index (χ2v) is 14.9. The van der Waals surface area contributed by atoms with Crippen LogP contribution < -0.4 is 14.4 Å². The number of aliphatic hydroxyl groups is 1. The molecule has 0 spiro atoms. The summed E-state index contributed by atoms with van der Waals surface area (Å²) in [4.78, 5) is 28.5. The Bertz CT molecular complexity index is 1390. The highest BCUT2D eigenvalue weighted by molar-refractivity contribution is 7.98. The van der Waals surface area contributed by atoms with Crippen molar-refractivity contribution in [2.75, 3.05) is 45.3 Å². The molecule has 47 heavy (non-hydrogen) atoms. The number of nitrogens with one attached hydrogen (secondary N) is 1. The molecule has 0 aromatic heterocycles. The zero-order valence-corrected chi connectivity index (χ0v) is 30.3. The Morgan fingerprint density at radius 3 is 2.68 bits per heavy atom. The maximum absolute atomic E-state index is 12.8. The summed E-state index contributed by atoms with van der Waals surface area (Å²) in [5.41, 5.74) is 3.92. The van der Waals surface area contributed by atoms with Gasteiger partial charge in [0.05, 0.1) is 18.4 Å². The molecule has 0 saturated heterocycles. The highest BCUT2D eigenvalue weighted by Crippen LogP contribution is 2.43. The van der Waals surface area contributed by atoms with Crippen LogP contribution in [0.3, 0.4) is 0 Å². The van der Waals surface area contributed by atoms with Gasteiger partial charge >= 0.3 is 0 Å². The topological polar surface area (TPSA) is 91.3 Å². The number of amides is 2. The Morgan fingerprint density at radius 2 is 2.02 bits per heavy atom. The van der Waals surface area contributed by atoms with Gasteiger partial charge in [-0.1, -0.05) is 63.1 Å². The average Bonchev–Trinajstić information content (AvgIpc) is 3.21. The van der Waals surface area contributed by atoms with E-state index in [1.807, 2.05) is 39.1 Å². The average molecular weight is 686 g/mol. The second kappa shape index (κ2) is 17.6. The number of ether oxygens (including phenoxy) is 2. The van der Waals surface area contributed by atoms with Crippen molar-refractivity contribution >= 4 is 41.1 Å². The van der Waals surface area contributed by atoms with Gasteiger partial charge in [-0.3, -0.25) is 14.3 Å². The van der Waals surface area contributed by atoms with Crippen molar-refractivity contribution in [2.24, 2.45) is 11.8 Å². The van der Waals surface area contributed by atoms with Crippen molar-refractivity contribution in [2.45, 2.75) is 83.2 Å². The summed E-state index contributed by atoms with van der Waals surface area (Å²) >= 11 is 7.73. The maximum Gasteiger partial charge on any atom is 0.263 e. The first-order chi connectivity index (χ1) is 22.5. The van der Waals surface area contributed by atoms with Gasteiger partial charge in [-0.15, -0.1) is 0 Å². The lowest BCUT2D eigenvalue weighted by atomic mass is 9.70. The summed E-state index contributed by atoms with van der Waals surface area (Å²) in [6.45, 7) is 10.5. The molecule has 0 bridgehead atoms. The molecule has 5 atom stereocenters. The quantitative estimate of drug-likeness (QED) is 0.155. The first-order valence-electron chi connectivity index (χ1n) is 16.9. The lowest BCUT2D eigenvalue weighted by Gasteiger charge is -2.43. The van der Waals surface area contributed by atoms with E-state index < -0.39 is 12.0 Å². The van der Waals surface area contributed by atoms with Crippen molar-refractivity contribution in [3.05, 3.63) is 70.3 Å². The SMILES string of the molecule is CCCc1cc(Cl)ccc1C1COc2ccc(C(O)C(=O)NSC(C)C)cc2N(CC2CCC2C(/C=C/CCN(C)C(C)=O)OC)C1. The molecule has 2 aromatic rings. The van der Waals surface area contributed by atoms with E-state index in [9.17, 15) is 14.7 Å². The fourth-order valence-electron chi connectivity index (χ4n) is 6.47. The van der Waals surface area contributed by atoms with Crippen LogP contribution in [0.2, 0.25) is 5.02 Å². The number of carbonyl (C=O) groups is 2. The van der Waals surface area contributed by atoms with E-state index in [-0.39, 0.29) is 23.2 Å². The standard InChI is InChI=1S/C37H52ClN3O5S/c1-7-10-26-19-30(38)14-16-31(26)29-22-41(21-28-12-15-32(28)34(45-6)11-8-9-18-40(5)25(4)42)33-20-27(13-17-35(33)46-23-29)36(43)37(44)39-47-24(2)3/h8,11,13-14,16-17,19-20,24,28-29,32,34,36,43H,7,9-10,12,15,18,21-23H2,1-6H3,(H,39,44)/b11-8+. The molecule has 258 valence electrons. The van der Waals surface area contributed by atoms with Crippen molar-refractivity contribution in [3.8, 4) is 5.75 Å². The number of hydrogen-bond acceptors (Lipinski definition) is 7. The minimum atomic E-state index is -1.29. The van der Waals surface area contributed by atoms with Crippen LogP contribution in [0.25, 0.3) is 0 Å². The molecule has 4 rings (SSSR count). The van der Waals surface area contributed by atoms with Gasteiger partial charge < -0.3 is 24.4 Å². The molecular weight excluding hydrogens is 634 g/mol. The van der Waals surface area contributed by atoms with Crippen LogP contribution >= 0.6 is 23.5 Å². The van der Waals surface area contributed by atoms with Gasteiger partial charge in [0.2, 0.25) is 5.91 Å². The monoisotopic (exact) mass is 685 g/mol. The molecule has 1 heterocycles. The zero-order chi connectivity index (χ0) is 34.1. The smallest absolute Gasteiger partial charge is 0.263 e. The number of hydrogen-bond donors (Lipinski definition) is 2. The minimum absolute atomic E-state index is 0.0161. The predicted octanol–water partition coefficient (Wildman–Crippen LogP) is 6.95. The lowest BCUT2D eigenvalue weighted by Crippen LogP contribution is -2.44. The molecule has 1 aliphatic carbocycles. The highest BCUT2D eigenvalue weighted by atomic mass is 35.5. The lowest BCUT2D eigenvalue weighted by molar-refractivity contribution is -0.128. The molecule has 8 nitrogen and oxygen atoms in total. The fourth-order valence-corrected chi connectivity index (χ4v) is 7.13. The van der Waals surface area contributed by atoms with E-state index in [4.69, 9.17) is 21.1 Å². The third-order valence-electron chi connectivity index (χ3n) is 9.35. The number of nitrogens with zero attached hydrogens (tertiary/aromatic N) is 2. The van der Waals surface area contributed by atoms with Crippen molar-refractivity contribution < 1.29 is 24.2 Å². The number of rotatable bonds is 15. The van der Waals surface area contributed by atoms with Crippen LogP contribution in [-0.2, 0) is 20.7 Å². The molecule has 1 aliphatic heterocycles. The number of aryl methyl sites for hydroxylation is 1. The third kappa shape index (κ3) is 9.91. The molecule has 2 aliphatic rings. The van der Waals surface area contributed by atoms with Gasteiger partial charge in [0.25, 0.3) is 5.91 Å². The highest BCUT2D eigenvalue weighted by Gasteiger charge is 2.39. The largest absolute Gasteiger partial charge is 0.491 e. The van der Waals surface area contributed by atoms with E-state index in [1.54, 1.807) is 25.0 Å². The molecule has 10 heteroatoms. The van der Waals surface area contributed by atoms with Crippen molar-refractivity contribution in [3.63, 3.8) is 0 Å². The van der Waals surface area contributed by atoms with Crippen molar-refractivity contribution in [1.29, 1.82) is 0 Å². The Labute approximate surface area is 290 Å². The molecule has 2 N–H and O–H groups in total. The number of halogens is 1. The third-order valence-corrected chi connectivity index (χ3v) is 10.4. The van der Waals surface area contributed by atoms with Gasteiger partial charge in [-0.05, 0) is 90.4 Å². The van der Waals surface area contributed by atoms with E-state index in [1.165, 1.54) is 23.1 Å². The Kier molecular flexibility index (Phi) is 13.9. The number of methoxy groups -OCH3 is 1. The van der Waals surface area contributed by atoms with Crippen LogP contribution in [0, 0.1) is 11.8 Å². The first-order valence-corrected chi connectivity index (χ1v) is 18.1. The van der Waals surface area contributed by atoms with Gasteiger partial charge in [0.1, 0.15) is 5.75 Å². The number of aliphatic hydroxyl groups excluding tert-OH is 1. The summed E-state index contributed by atoms with van der Waals surface area (Å²) in [7, 11) is 3.59. The van der Waals surface area contributed by atoms with Crippen molar-refractivity contribution in [1.82, 2.24) is 9.62 Å². The molecule has 5 unspecified atom stereocenters. The Balaban J connectivity index is 1.60. The number of anilines is 1. The first kappa shape index (κ1) is 37.1. The summed E-state index contributed by atoms with van der Waals surface area (Å²) in [5.74, 6) is 1.22. The Hall–Kier alpha value is -2.72. The van der Waals surface area contributed by atoms with Crippen LogP contribution in [0.15, 0.2) is 48.6 Å². The van der Waals surface area contributed by atoms with E-state index in [2.05, 4.69) is 40.8 Å². The summed E-state index contributed by atoms with van der Waals surface area (Å²) in [6, 6.07) is 11.8. The van der Waals surface area contributed by atoms with E-state index >= 15 is 0 Å². The van der Waals surface area contributed by atoms with E-state index in [0.717, 1.165) is 61.7 Å². The minimum Gasteiger partial charge on any atom is -0.491 e. The van der Waals surface area contributed by atoms with E-state index in [0.29, 0.717) is 30.6 Å². The van der Waals surface area contributed by atoms with Gasteiger partial charge in [0, 0.05) is 56.9 Å². The molecule has 2 amide bonds. The van der Waals surface area contributed by atoms with Gasteiger partial charge in [-0.2, -0.15) is 0 Å². The molecule has 1 fully saturated rings. The van der Waals surface area contributed by atoms with Gasteiger partial charge in [0.15, 0.2) is 6.10 Å². The fraction of sp³-hybridized carbons (Fsp3) is 0.568. The normalized spacial score (nSPS) is 20.6. The molecule has 2 aromatic carbocycles. The predicted molar refractivity (Wildman–Crippen MR) is 192 cm³/mol. The van der Waals surface area contributed by atoms with Crippen LogP contribution in [0.5, 0.6) is 5.75 Å². The molecule has 0 radical (unpaired) electrons. The van der Waals surface area contributed by atoms with Crippen LogP contribution in [0.1, 0.15) is 82.1 Å². The Morgan fingerprint density at radius 1 is 1.23 bits per heavy atom. The number of benzene rings is 2. The summed E-state index contributed by atoms with van der Waals surface area (Å²) in [6.07, 6.45) is 7.87. The van der Waals surface area contributed by atoms with Crippen LogP contribution in [0.4, 0.5) is 5.69 Å². The van der Waals surface area contributed by atoms with Gasteiger partial charge in [-0.25, -0.2) is 0 Å². The molecular formula is C37H52ClN3O5S. The molecule has 1 saturated carbocycles. The number of carbonyl (C=O) groups excluding carboxylic acids is 2. The van der Waals surface area contributed by atoms with Crippen LogP contribution in [-0.4, -0.2) is 73.6 Å². The zero-order valence-electron chi connectivity index (χ0n) is 28.7. The second-order valence-electron chi connectivity index (χ2n) is 13.1. The number of fused-ring (bicyclic) bond motifs is 1. The summed E-state index contributed by atoms with van der Waals surface area (Å²) < 4.78 is 15.2. The summed E-state index contributed by atoms with van der Waals surface area (Å²) in [5, 5.41) is 12.0.